The van der Waals surface area contributed by atoms with Crippen LogP contribution >= 0.6 is 0 Å². The Balaban J connectivity index is 1.85. The number of nitrogens with zero attached hydrogens (tertiary/aromatic N) is 2. The highest BCUT2D eigenvalue weighted by Gasteiger charge is 2.22. The highest BCUT2D eigenvalue weighted by atomic mass is 16.3. The van der Waals surface area contributed by atoms with Crippen LogP contribution in [0.15, 0.2) is 42.7 Å². The van der Waals surface area contributed by atoms with Crippen molar-refractivity contribution in [3.8, 4) is 0 Å². The average molecular weight is 316 g/mol. The number of rotatable bonds is 7. The summed E-state index contributed by atoms with van der Waals surface area (Å²) in [5, 5.41) is 19.8. The molecule has 2 rings (SSSR count). The van der Waals surface area contributed by atoms with Gasteiger partial charge in [0.1, 0.15) is 0 Å². The molecule has 0 fully saturated rings. The largest absolute Gasteiger partial charge is 0.388 e. The van der Waals surface area contributed by atoms with E-state index in [-0.39, 0.29) is 12.6 Å². The van der Waals surface area contributed by atoms with E-state index in [9.17, 15) is 9.90 Å². The van der Waals surface area contributed by atoms with Crippen molar-refractivity contribution < 1.29 is 9.90 Å². The zero-order valence-corrected chi connectivity index (χ0v) is 13.6. The molecule has 1 heterocycles. The maximum atomic E-state index is 11.9. The van der Waals surface area contributed by atoms with Crippen molar-refractivity contribution in [1.82, 2.24) is 15.1 Å². The van der Waals surface area contributed by atoms with Crippen LogP contribution in [0.1, 0.15) is 32.3 Å². The molecule has 0 unspecified atom stereocenters. The summed E-state index contributed by atoms with van der Waals surface area (Å²) in [6.45, 7) is 4.67. The van der Waals surface area contributed by atoms with E-state index in [0.29, 0.717) is 25.1 Å². The minimum atomic E-state index is -0.852. The lowest BCUT2D eigenvalue weighted by molar-refractivity contribution is 0.0354. The van der Waals surface area contributed by atoms with Crippen LogP contribution in [0.5, 0.6) is 0 Å². The van der Waals surface area contributed by atoms with Crippen molar-refractivity contribution in [3.05, 3.63) is 48.3 Å². The monoisotopic (exact) mass is 316 g/mol. The van der Waals surface area contributed by atoms with Crippen LogP contribution in [0.3, 0.4) is 0 Å². The Morgan fingerprint density at radius 1 is 1.26 bits per heavy atom. The van der Waals surface area contributed by atoms with Gasteiger partial charge in [0.15, 0.2) is 0 Å². The van der Waals surface area contributed by atoms with Gasteiger partial charge in [-0.25, -0.2) is 4.79 Å². The zero-order chi connectivity index (χ0) is 16.7. The first kappa shape index (κ1) is 17.0. The molecule has 0 aliphatic rings. The number of hydrogen-bond acceptors (Lipinski definition) is 3. The molecule has 0 spiro atoms. The quantitative estimate of drug-likeness (QED) is 0.734. The third-order valence-electron chi connectivity index (χ3n) is 3.97. The van der Waals surface area contributed by atoms with Crippen LogP contribution in [-0.2, 0) is 6.54 Å². The predicted molar refractivity (Wildman–Crippen MR) is 90.3 cm³/mol. The fourth-order valence-electron chi connectivity index (χ4n) is 2.21. The number of aromatic nitrogens is 2. The number of aliphatic hydroxyl groups is 1. The summed E-state index contributed by atoms with van der Waals surface area (Å²) >= 11 is 0. The summed E-state index contributed by atoms with van der Waals surface area (Å²) < 4.78 is 1.76. The average Bonchev–Trinajstić information content (AvgIpc) is 3.00. The first-order chi connectivity index (χ1) is 11.0. The summed E-state index contributed by atoms with van der Waals surface area (Å²) in [6.07, 6.45) is 4.57. The van der Waals surface area contributed by atoms with E-state index in [4.69, 9.17) is 0 Å². The molecule has 6 heteroatoms. The Morgan fingerprint density at radius 2 is 1.96 bits per heavy atom. The van der Waals surface area contributed by atoms with E-state index in [2.05, 4.69) is 15.7 Å². The normalized spacial score (nSPS) is 11.3. The van der Waals surface area contributed by atoms with Crippen LogP contribution in [0, 0.1) is 0 Å². The number of nitrogens with one attached hydrogen (secondary N) is 2. The molecular formula is C17H24N4O2. The van der Waals surface area contributed by atoms with Crippen LogP contribution in [-0.4, -0.2) is 33.1 Å². The fourth-order valence-corrected chi connectivity index (χ4v) is 2.21. The minimum absolute atomic E-state index is 0.226. The summed E-state index contributed by atoms with van der Waals surface area (Å²) in [5.41, 5.74) is 0.909. The predicted octanol–water partition coefficient (Wildman–Crippen LogP) is 2.60. The van der Waals surface area contributed by atoms with Gasteiger partial charge in [-0.1, -0.05) is 44.2 Å². The van der Waals surface area contributed by atoms with E-state index in [1.54, 1.807) is 17.1 Å². The Bertz CT molecular complexity index is 621. The molecule has 124 valence electrons. The van der Waals surface area contributed by atoms with Gasteiger partial charge in [-0.15, -0.1) is 0 Å². The number of anilines is 1. The van der Waals surface area contributed by atoms with E-state index >= 15 is 0 Å². The van der Waals surface area contributed by atoms with Gasteiger partial charge in [0.2, 0.25) is 0 Å². The van der Waals surface area contributed by atoms with Crippen molar-refractivity contribution in [1.29, 1.82) is 0 Å². The summed E-state index contributed by atoms with van der Waals surface area (Å²) in [5.74, 6) is 0. The molecule has 2 amide bonds. The molecule has 6 nitrogen and oxygen atoms in total. The van der Waals surface area contributed by atoms with Gasteiger partial charge in [-0.2, -0.15) is 5.10 Å². The lowest BCUT2D eigenvalue weighted by Crippen LogP contribution is -2.43. The number of carbonyl (C=O) groups is 1. The van der Waals surface area contributed by atoms with Gasteiger partial charge >= 0.3 is 6.03 Å². The van der Waals surface area contributed by atoms with Crippen molar-refractivity contribution >= 4 is 11.7 Å². The van der Waals surface area contributed by atoms with E-state index in [0.717, 1.165) is 5.56 Å². The second-order valence-electron chi connectivity index (χ2n) is 5.65. The first-order valence-corrected chi connectivity index (χ1v) is 7.88. The molecule has 0 saturated heterocycles. The van der Waals surface area contributed by atoms with Crippen molar-refractivity contribution in [2.75, 3.05) is 11.9 Å². The van der Waals surface area contributed by atoms with Crippen molar-refractivity contribution in [2.45, 2.75) is 38.8 Å². The summed E-state index contributed by atoms with van der Waals surface area (Å²) in [7, 11) is 0. The smallest absolute Gasteiger partial charge is 0.319 e. The van der Waals surface area contributed by atoms with Gasteiger partial charge in [0.25, 0.3) is 0 Å². The number of amides is 2. The van der Waals surface area contributed by atoms with Gasteiger partial charge in [0.05, 0.1) is 24.0 Å². The maximum Gasteiger partial charge on any atom is 0.319 e. The standard InChI is InChI=1S/C17H24N4O2/c1-3-17(23,4-2)13-18-16(22)20-15-10-19-21(12-15)11-14-8-6-5-7-9-14/h5-10,12,23H,3-4,11,13H2,1-2H3,(H2,18,20,22). The number of urea groups is 1. The zero-order valence-electron chi connectivity index (χ0n) is 13.6. The Morgan fingerprint density at radius 3 is 2.61 bits per heavy atom. The van der Waals surface area contributed by atoms with Gasteiger partial charge < -0.3 is 15.7 Å². The van der Waals surface area contributed by atoms with Crippen LogP contribution in [0.4, 0.5) is 10.5 Å². The SMILES string of the molecule is CCC(O)(CC)CNC(=O)Nc1cnn(Cc2ccccc2)c1. The van der Waals surface area contributed by atoms with Gasteiger partial charge in [0, 0.05) is 12.7 Å². The second-order valence-corrected chi connectivity index (χ2v) is 5.65. The molecule has 0 aliphatic carbocycles. The highest BCUT2D eigenvalue weighted by molar-refractivity contribution is 5.88. The lowest BCUT2D eigenvalue weighted by atomic mass is 9.98. The molecule has 0 atom stereocenters. The van der Waals surface area contributed by atoms with Crippen LogP contribution < -0.4 is 10.6 Å². The minimum Gasteiger partial charge on any atom is -0.388 e. The van der Waals surface area contributed by atoms with Crippen LogP contribution in [0.2, 0.25) is 0 Å². The fraction of sp³-hybridized carbons (Fsp3) is 0.412. The van der Waals surface area contributed by atoms with E-state index < -0.39 is 5.60 Å². The summed E-state index contributed by atoms with van der Waals surface area (Å²) in [4.78, 5) is 11.9. The van der Waals surface area contributed by atoms with E-state index in [1.165, 1.54) is 0 Å². The van der Waals surface area contributed by atoms with Gasteiger partial charge in [-0.05, 0) is 18.4 Å². The third-order valence-corrected chi connectivity index (χ3v) is 3.97. The molecule has 1 aromatic heterocycles. The van der Waals surface area contributed by atoms with Crippen molar-refractivity contribution in [2.24, 2.45) is 0 Å². The molecule has 23 heavy (non-hydrogen) atoms. The molecule has 3 N–H and O–H groups in total. The molecule has 1 aromatic carbocycles. The number of carbonyl (C=O) groups excluding carboxylic acids is 1. The van der Waals surface area contributed by atoms with Crippen LogP contribution in [0.25, 0.3) is 0 Å². The Kier molecular flexibility index (Phi) is 5.76. The molecule has 2 aromatic rings. The second kappa shape index (κ2) is 7.78. The molecule has 0 aliphatic heterocycles. The summed E-state index contributed by atoms with van der Waals surface area (Å²) in [6, 6.07) is 9.64. The number of benzene rings is 1. The van der Waals surface area contributed by atoms with E-state index in [1.807, 2.05) is 44.2 Å². The topological polar surface area (TPSA) is 79.2 Å². The maximum absolute atomic E-state index is 11.9. The molecule has 0 saturated carbocycles. The Labute approximate surface area is 136 Å². The van der Waals surface area contributed by atoms with Gasteiger partial charge in [-0.3, -0.25) is 4.68 Å². The van der Waals surface area contributed by atoms with Crippen molar-refractivity contribution in [3.63, 3.8) is 0 Å². The highest BCUT2D eigenvalue weighted by Crippen LogP contribution is 2.13. The lowest BCUT2D eigenvalue weighted by Gasteiger charge is -2.25. The molecular weight excluding hydrogens is 292 g/mol. The molecule has 0 radical (unpaired) electrons. The number of hydrogen-bond donors (Lipinski definition) is 3. The first-order valence-electron chi connectivity index (χ1n) is 7.88. The third kappa shape index (κ3) is 5.10. The Hall–Kier alpha value is -2.34. The molecule has 0 bridgehead atoms.